The molecule has 0 aromatic rings. The Labute approximate surface area is 92.9 Å². The molecule has 1 saturated carbocycles. The fourth-order valence-electron chi connectivity index (χ4n) is 1.53. The molecule has 0 aliphatic heterocycles. The topological polar surface area (TPSA) is 58.2 Å². The lowest BCUT2D eigenvalue weighted by Crippen LogP contribution is -2.41. The molecule has 0 heterocycles. The average Bonchev–Trinajstić information content (AvgIpc) is 2.11. The SMILES string of the molecule is CCNCC(C)S(=O)(=O)NCC1CCC1. The van der Waals surface area contributed by atoms with Gasteiger partial charge in [0.1, 0.15) is 0 Å². The summed E-state index contributed by atoms with van der Waals surface area (Å²) >= 11 is 0. The van der Waals surface area contributed by atoms with Crippen LogP contribution in [0, 0.1) is 5.92 Å². The standard InChI is InChI=1S/C10H22N2O2S/c1-3-11-7-9(2)15(13,14)12-8-10-5-4-6-10/h9-12H,3-8H2,1-2H3. The van der Waals surface area contributed by atoms with Gasteiger partial charge in [0.05, 0.1) is 5.25 Å². The van der Waals surface area contributed by atoms with E-state index < -0.39 is 10.0 Å². The largest absolute Gasteiger partial charge is 0.316 e. The molecule has 1 rings (SSSR count). The Morgan fingerprint density at radius 2 is 2.07 bits per heavy atom. The highest BCUT2D eigenvalue weighted by molar-refractivity contribution is 7.90. The van der Waals surface area contributed by atoms with Crippen LogP contribution in [0.15, 0.2) is 0 Å². The van der Waals surface area contributed by atoms with E-state index >= 15 is 0 Å². The molecule has 90 valence electrons. The summed E-state index contributed by atoms with van der Waals surface area (Å²) in [5.41, 5.74) is 0. The lowest BCUT2D eigenvalue weighted by atomic mass is 9.86. The van der Waals surface area contributed by atoms with E-state index in [2.05, 4.69) is 10.0 Å². The molecular weight excluding hydrogens is 212 g/mol. The first kappa shape index (κ1) is 12.9. The highest BCUT2D eigenvalue weighted by Crippen LogP contribution is 2.25. The molecule has 2 N–H and O–H groups in total. The molecule has 4 nitrogen and oxygen atoms in total. The Bertz CT molecular complexity index is 273. The third-order valence-electron chi connectivity index (χ3n) is 3.01. The minimum Gasteiger partial charge on any atom is -0.316 e. The van der Waals surface area contributed by atoms with Crippen LogP contribution in [0.4, 0.5) is 0 Å². The fourth-order valence-corrected chi connectivity index (χ4v) is 2.62. The van der Waals surface area contributed by atoms with Gasteiger partial charge in [-0.15, -0.1) is 0 Å². The molecule has 5 heteroatoms. The van der Waals surface area contributed by atoms with Crippen molar-refractivity contribution in [3.63, 3.8) is 0 Å². The van der Waals surface area contributed by atoms with Crippen molar-refractivity contribution in [2.45, 2.75) is 38.4 Å². The minimum absolute atomic E-state index is 0.350. The van der Waals surface area contributed by atoms with Crippen molar-refractivity contribution in [3.05, 3.63) is 0 Å². The predicted octanol–water partition coefficient (Wildman–Crippen LogP) is 0.704. The van der Waals surface area contributed by atoms with Crippen LogP contribution >= 0.6 is 0 Å². The summed E-state index contributed by atoms with van der Waals surface area (Å²) in [5.74, 6) is 0.575. The Balaban J connectivity index is 2.28. The van der Waals surface area contributed by atoms with Crippen LogP contribution < -0.4 is 10.0 Å². The van der Waals surface area contributed by atoms with E-state index in [1.807, 2.05) is 6.92 Å². The molecule has 0 aromatic carbocycles. The molecule has 0 spiro atoms. The first-order valence-corrected chi connectivity index (χ1v) is 7.30. The Morgan fingerprint density at radius 1 is 1.40 bits per heavy atom. The number of rotatable bonds is 7. The highest BCUT2D eigenvalue weighted by atomic mass is 32.2. The third-order valence-corrected chi connectivity index (χ3v) is 4.80. The molecule has 1 aliphatic carbocycles. The van der Waals surface area contributed by atoms with Crippen LogP contribution in [0.2, 0.25) is 0 Å². The average molecular weight is 234 g/mol. The van der Waals surface area contributed by atoms with Gasteiger partial charge in [0.15, 0.2) is 0 Å². The summed E-state index contributed by atoms with van der Waals surface area (Å²) in [5, 5.41) is 2.70. The van der Waals surface area contributed by atoms with Crippen molar-refractivity contribution >= 4 is 10.0 Å². The number of nitrogens with one attached hydrogen (secondary N) is 2. The van der Waals surface area contributed by atoms with Gasteiger partial charge in [-0.3, -0.25) is 0 Å². The molecule has 0 bridgehead atoms. The smallest absolute Gasteiger partial charge is 0.215 e. The lowest BCUT2D eigenvalue weighted by Gasteiger charge is -2.26. The maximum Gasteiger partial charge on any atom is 0.215 e. The summed E-state index contributed by atoms with van der Waals surface area (Å²) in [6.07, 6.45) is 3.59. The third kappa shape index (κ3) is 4.09. The zero-order valence-electron chi connectivity index (χ0n) is 9.62. The molecule has 1 unspecified atom stereocenters. The van der Waals surface area contributed by atoms with Crippen LogP contribution in [-0.4, -0.2) is 33.3 Å². The van der Waals surface area contributed by atoms with Crippen molar-refractivity contribution < 1.29 is 8.42 Å². The molecular formula is C10H22N2O2S. The van der Waals surface area contributed by atoms with Crippen LogP contribution in [0.3, 0.4) is 0 Å². The summed E-state index contributed by atoms with van der Waals surface area (Å²) in [6.45, 7) is 5.67. The maximum absolute atomic E-state index is 11.7. The van der Waals surface area contributed by atoms with Crippen molar-refractivity contribution in [2.24, 2.45) is 5.92 Å². The lowest BCUT2D eigenvalue weighted by molar-refractivity contribution is 0.316. The highest BCUT2D eigenvalue weighted by Gasteiger charge is 2.23. The van der Waals surface area contributed by atoms with Crippen molar-refractivity contribution in [1.82, 2.24) is 10.0 Å². The molecule has 15 heavy (non-hydrogen) atoms. The molecule has 1 fully saturated rings. The molecule has 0 aromatic heterocycles. The Hall–Kier alpha value is -0.130. The van der Waals surface area contributed by atoms with E-state index in [9.17, 15) is 8.42 Å². The molecule has 1 aliphatic rings. The van der Waals surface area contributed by atoms with Crippen LogP contribution in [0.1, 0.15) is 33.1 Å². The van der Waals surface area contributed by atoms with Gasteiger partial charge >= 0.3 is 0 Å². The zero-order chi connectivity index (χ0) is 11.3. The second-order valence-electron chi connectivity index (χ2n) is 4.31. The van der Waals surface area contributed by atoms with E-state index in [0.717, 1.165) is 6.54 Å². The van der Waals surface area contributed by atoms with Crippen LogP contribution in [0.5, 0.6) is 0 Å². The molecule has 0 saturated heterocycles. The van der Waals surface area contributed by atoms with E-state index in [-0.39, 0.29) is 5.25 Å². The molecule has 1 atom stereocenters. The van der Waals surface area contributed by atoms with Crippen LogP contribution in [-0.2, 0) is 10.0 Å². The predicted molar refractivity (Wildman–Crippen MR) is 62.3 cm³/mol. The Kier molecular flexibility index (Phi) is 5.02. The van der Waals surface area contributed by atoms with Crippen LogP contribution in [0.25, 0.3) is 0 Å². The first-order chi connectivity index (χ1) is 7.06. The van der Waals surface area contributed by atoms with Gasteiger partial charge in [-0.1, -0.05) is 13.3 Å². The van der Waals surface area contributed by atoms with Gasteiger partial charge < -0.3 is 5.32 Å². The van der Waals surface area contributed by atoms with E-state index in [4.69, 9.17) is 0 Å². The van der Waals surface area contributed by atoms with Gasteiger partial charge in [0.2, 0.25) is 10.0 Å². The van der Waals surface area contributed by atoms with E-state index in [1.54, 1.807) is 6.92 Å². The number of hydrogen-bond acceptors (Lipinski definition) is 3. The second-order valence-corrected chi connectivity index (χ2v) is 6.49. The van der Waals surface area contributed by atoms with Gasteiger partial charge in [0, 0.05) is 13.1 Å². The fraction of sp³-hybridized carbons (Fsp3) is 1.00. The zero-order valence-corrected chi connectivity index (χ0v) is 10.4. The van der Waals surface area contributed by atoms with Crippen molar-refractivity contribution in [2.75, 3.05) is 19.6 Å². The molecule has 0 radical (unpaired) electrons. The number of hydrogen-bond donors (Lipinski definition) is 2. The summed E-state index contributed by atoms with van der Waals surface area (Å²) < 4.78 is 26.2. The quantitative estimate of drug-likeness (QED) is 0.682. The normalized spacial score (nSPS) is 19.9. The van der Waals surface area contributed by atoms with Gasteiger partial charge in [0.25, 0.3) is 0 Å². The summed E-state index contributed by atoms with van der Waals surface area (Å²) in [6, 6.07) is 0. The molecule has 0 amide bonds. The van der Waals surface area contributed by atoms with Gasteiger partial charge in [-0.25, -0.2) is 13.1 Å². The second kappa shape index (κ2) is 5.82. The number of sulfonamides is 1. The van der Waals surface area contributed by atoms with Gasteiger partial charge in [-0.2, -0.15) is 0 Å². The summed E-state index contributed by atoms with van der Waals surface area (Å²) in [4.78, 5) is 0. The Morgan fingerprint density at radius 3 is 2.53 bits per heavy atom. The monoisotopic (exact) mass is 234 g/mol. The van der Waals surface area contributed by atoms with Crippen molar-refractivity contribution in [1.29, 1.82) is 0 Å². The van der Waals surface area contributed by atoms with Gasteiger partial charge in [-0.05, 0) is 32.2 Å². The first-order valence-electron chi connectivity index (χ1n) is 5.75. The van der Waals surface area contributed by atoms with E-state index in [0.29, 0.717) is 19.0 Å². The maximum atomic E-state index is 11.7. The summed E-state index contributed by atoms with van der Waals surface area (Å²) in [7, 11) is -3.12. The minimum atomic E-state index is -3.12. The van der Waals surface area contributed by atoms with Crippen molar-refractivity contribution in [3.8, 4) is 0 Å². The van der Waals surface area contributed by atoms with E-state index in [1.165, 1.54) is 19.3 Å².